The summed E-state index contributed by atoms with van der Waals surface area (Å²) in [7, 11) is 1.74. The van der Waals surface area contributed by atoms with E-state index in [-0.39, 0.29) is 5.91 Å². The minimum atomic E-state index is -0.215. The highest BCUT2D eigenvalue weighted by atomic mass is 79.9. The van der Waals surface area contributed by atoms with E-state index in [0.29, 0.717) is 11.4 Å². The first-order chi connectivity index (χ1) is 7.66. The number of rotatable bonds is 2. The number of carbonyl (C=O) groups excluding carboxylic acids is 1. The molecule has 5 nitrogen and oxygen atoms in total. The van der Waals surface area contributed by atoms with E-state index in [4.69, 9.17) is 0 Å². The van der Waals surface area contributed by atoms with Crippen molar-refractivity contribution in [3.05, 3.63) is 40.5 Å². The molecule has 0 aliphatic carbocycles. The summed E-state index contributed by atoms with van der Waals surface area (Å²) in [6.45, 7) is 0. The number of benzene rings is 1. The molecule has 0 fully saturated rings. The number of aromatic nitrogens is 3. The van der Waals surface area contributed by atoms with Crippen molar-refractivity contribution >= 4 is 27.7 Å². The van der Waals surface area contributed by atoms with Crippen LogP contribution < -0.4 is 5.32 Å². The number of carbonyl (C=O) groups is 1. The number of amides is 1. The predicted octanol–water partition coefficient (Wildman–Crippen LogP) is 1.83. The molecule has 2 rings (SSSR count). The first-order valence-electron chi connectivity index (χ1n) is 4.59. The molecule has 0 unspecified atom stereocenters. The largest absolute Gasteiger partial charge is 0.304 e. The predicted molar refractivity (Wildman–Crippen MR) is 63.1 cm³/mol. The lowest BCUT2D eigenvalue weighted by Crippen LogP contribution is -2.12. The van der Waals surface area contributed by atoms with Gasteiger partial charge in [-0.1, -0.05) is 17.3 Å². The molecule has 6 heteroatoms. The van der Waals surface area contributed by atoms with Gasteiger partial charge in [-0.3, -0.25) is 9.48 Å². The molecule has 0 aliphatic heterocycles. The summed E-state index contributed by atoms with van der Waals surface area (Å²) in [5.41, 5.74) is 0.563. The standard InChI is InChI=1S/C10H9BrN4O/c1-15-6-9(13-14-15)12-10(16)7-4-2-3-5-8(7)11/h2-6H,1H3,(H,12,16). The van der Waals surface area contributed by atoms with Crippen molar-refractivity contribution in [2.24, 2.45) is 7.05 Å². The van der Waals surface area contributed by atoms with Crippen molar-refractivity contribution < 1.29 is 4.79 Å². The van der Waals surface area contributed by atoms with E-state index in [0.717, 1.165) is 4.47 Å². The molecule has 0 aliphatic rings. The summed E-state index contributed by atoms with van der Waals surface area (Å²) < 4.78 is 2.27. The van der Waals surface area contributed by atoms with Crippen molar-refractivity contribution in [1.82, 2.24) is 15.0 Å². The van der Waals surface area contributed by atoms with Crippen LogP contribution in [0.4, 0.5) is 5.82 Å². The van der Waals surface area contributed by atoms with Crippen molar-refractivity contribution in [3.8, 4) is 0 Å². The molecular weight excluding hydrogens is 272 g/mol. The third-order valence-electron chi connectivity index (χ3n) is 1.96. The zero-order valence-electron chi connectivity index (χ0n) is 8.51. The maximum Gasteiger partial charge on any atom is 0.258 e. The molecule has 0 saturated heterocycles. The average molecular weight is 281 g/mol. The first kappa shape index (κ1) is 10.8. The quantitative estimate of drug-likeness (QED) is 0.913. The zero-order chi connectivity index (χ0) is 11.5. The molecule has 16 heavy (non-hydrogen) atoms. The van der Waals surface area contributed by atoms with Gasteiger partial charge < -0.3 is 5.32 Å². The number of nitrogens with one attached hydrogen (secondary N) is 1. The molecule has 0 bridgehead atoms. The second kappa shape index (κ2) is 4.44. The van der Waals surface area contributed by atoms with Crippen LogP contribution in [0.5, 0.6) is 0 Å². The van der Waals surface area contributed by atoms with Crippen LogP contribution in [0.2, 0.25) is 0 Å². The van der Waals surface area contributed by atoms with E-state index in [1.807, 2.05) is 12.1 Å². The van der Waals surface area contributed by atoms with Crippen LogP contribution in [0.1, 0.15) is 10.4 Å². The number of hydrogen-bond acceptors (Lipinski definition) is 3. The van der Waals surface area contributed by atoms with E-state index < -0.39 is 0 Å². The van der Waals surface area contributed by atoms with Crippen LogP contribution in [-0.4, -0.2) is 20.9 Å². The fourth-order valence-corrected chi connectivity index (χ4v) is 1.70. The molecule has 82 valence electrons. The highest BCUT2D eigenvalue weighted by Gasteiger charge is 2.10. The molecule has 0 atom stereocenters. The topological polar surface area (TPSA) is 59.8 Å². The first-order valence-corrected chi connectivity index (χ1v) is 5.38. The smallest absolute Gasteiger partial charge is 0.258 e. The van der Waals surface area contributed by atoms with E-state index in [2.05, 4.69) is 31.6 Å². The molecule has 1 aromatic heterocycles. The zero-order valence-corrected chi connectivity index (χ0v) is 10.1. The fourth-order valence-electron chi connectivity index (χ4n) is 1.23. The van der Waals surface area contributed by atoms with E-state index in [1.54, 1.807) is 25.4 Å². The SMILES string of the molecule is Cn1cc(NC(=O)c2ccccc2Br)nn1. The van der Waals surface area contributed by atoms with Crippen LogP contribution in [0, 0.1) is 0 Å². The van der Waals surface area contributed by atoms with Gasteiger partial charge in [-0.05, 0) is 28.1 Å². The number of halogens is 1. The van der Waals surface area contributed by atoms with Crippen LogP contribution in [0.15, 0.2) is 34.9 Å². The molecule has 2 aromatic rings. The van der Waals surface area contributed by atoms with Crippen LogP contribution in [0.25, 0.3) is 0 Å². The highest BCUT2D eigenvalue weighted by molar-refractivity contribution is 9.10. The third-order valence-corrected chi connectivity index (χ3v) is 2.65. The minimum absolute atomic E-state index is 0.215. The fraction of sp³-hybridized carbons (Fsp3) is 0.100. The van der Waals surface area contributed by atoms with Crippen LogP contribution in [0.3, 0.4) is 0 Å². The van der Waals surface area contributed by atoms with Gasteiger partial charge in [-0.25, -0.2) is 0 Å². The van der Waals surface area contributed by atoms with Gasteiger partial charge in [-0.15, -0.1) is 5.10 Å². The third kappa shape index (κ3) is 2.27. The molecule has 0 saturated carbocycles. The Bertz CT molecular complexity index is 523. The van der Waals surface area contributed by atoms with E-state index in [1.165, 1.54) is 4.68 Å². The van der Waals surface area contributed by atoms with Crippen molar-refractivity contribution in [2.45, 2.75) is 0 Å². The van der Waals surface area contributed by atoms with Gasteiger partial charge in [-0.2, -0.15) is 0 Å². The van der Waals surface area contributed by atoms with Gasteiger partial charge in [0.1, 0.15) is 0 Å². The van der Waals surface area contributed by atoms with Gasteiger partial charge in [0.2, 0.25) is 0 Å². The number of hydrogen-bond donors (Lipinski definition) is 1. The molecule has 1 N–H and O–H groups in total. The van der Waals surface area contributed by atoms with Crippen molar-refractivity contribution in [1.29, 1.82) is 0 Å². The lowest BCUT2D eigenvalue weighted by Gasteiger charge is -2.02. The van der Waals surface area contributed by atoms with Gasteiger partial charge >= 0.3 is 0 Å². The molecular formula is C10H9BrN4O. The summed E-state index contributed by atoms with van der Waals surface area (Å²) in [5.74, 6) is 0.219. The molecule has 1 amide bonds. The van der Waals surface area contributed by atoms with Crippen molar-refractivity contribution in [2.75, 3.05) is 5.32 Å². The Labute approximate surface area is 101 Å². The Kier molecular flexibility index (Phi) is 3.00. The van der Waals surface area contributed by atoms with Crippen LogP contribution >= 0.6 is 15.9 Å². The molecule has 1 aromatic carbocycles. The van der Waals surface area contributed by atoms with Crippen molar-refractivity contribution in [3.63, 3.8) is 0 Å². The summed E-state index contributed by atoms with van der Waals surface area (Å²) in [5, 5.41) is 10.2. The maximum absolute atomic E-state index is 11.8. The lowest BCUT2D eigenvalue weighted by molar-refractivity contribution is 0.102. The van der Waals surface area contributed by atoms with Gasteiger partial charge in [0, 0.05) is 11.5 Å². The highest BCUT2D eigenvalue weighted by Crippen LogP contribution is 2.16. The summed E-state index contributed by atoms with van der Waals surface area (Å²) in [6.07, 6.45) is 1.63. The average Bonchev–Trinajstić information content (AvgIpc) is 2.64. The Morgan fingerprint density at radius 2 is 2.19 bits per heavy atom. The van der Waals surface area contributed by atoms with Gasteiger partial charge in [0.05, 0.1) is 11.8 Å². The van der Waals surface area contributed by atoms with Gasteiger partial charge in [0.15, 0.2) is 5.82 Å². The Morgan fingerprint density at radius 1 is 1.44 bits per heavy atom. The summed E-state index contributed by atoms with van der Waals surface area (Å²) in [6, 6.07) is 7.20. The Morgan fingerprint density at radius 3 is 2.81 bits per heavy atom. The van der Waals surface area contributed by atoms with E-state index in [9.17, 15) is 4.79 Å². The monoisotopic (exact) mass is 280 g/mol. The summed E-state index contributed by atoms with van der Waals surface area (Å²) >= 11 is 3.31. The normalized spacial score (nSPS) is 10.1. The minimum Gasteiger partial charge on any atom is -0.304 e. The number of aryl methyl sites for hydroxylation is 1. The Balaban J connectivity index is 2.18. The summed E-state index contributed by atoms with van der Waals surface area (Å²) in [4.78, 5) is 11.8. The molecule has 0 radical (unpaired) electrons. The number of anilines is 1. The van der Waals surface area contributed by atoms with Gasteiger partial charge in [0.25, 0.3) is 5.91 Å². The van der Waals surface area contributed by atoms with Crippen LogP contribution in [-0.2, 0) is 7.05 Å². The Hall–Kier alpha value is -1.69. The lowest BCUT2D eigenvalue weighted by atomic mass is 10.2. The maximum atomic E-state index is 11.8. The molecule has 0 spiro atoms. The van der Waals surface area contributed by atoms with E-state index >= 15 is 0 Å². The number of nitrogens with zero attached hydrogens (tertiary/aromatic N) is 3. The second-order valence-corrected chi connectivity index (χ2v) is 4.07. The second-order valence-electron chi connectivity index (χ2n) is 3.21. The molecule has 1 heterocycles.